The lowest BCUT2D eigenvalue weighted by Gasteiger charge is -2.11. The summed E-state index contributed by atoms with van der Waals surface area (Å²) in [5.74, 6) is -0.937. The van der Waals surface area contributed by atoms with Gasteiger partial charge in [0.05, 0.1) is 5.39 Å². The molecule has 4 rings (SSSR count). The van der Waals surface area contributed by atoms with E-state index < -0.39 is 12.6 Å². The van der Waals surface area contributed by atoms with Gasteiger partial charge in [-0.1, -0.05) is 6.07 Å². The number of aromatic nitrogens is 3. The molecule has 170 valence electrons. The molecular formula is C24H22FN3O4S. The highest BCUT2D eigenvalue weighted by atomic mass is 32.1. The van der Waals surface area contributed by atoms with Crippen LogP contribution < -0.4 is 5.56 Å². The van der Waals surface area contributed by atoms with Crippen LogP contribution in [0.5, 0.6) is 0 Å². The summed E-state index contributed by atoms with van der Waals surface area (Å²) in [6, 6.07) is 6.58. The van der Waals surface area contributed by atoms with Gasteiger partial charge in [-0.3, -0.25) is 9.59 Å². The van der Waals surface area contributed by atoms with E-state index in [4.69, 9.17) is 4.74 Å². The lowest BCUT2D eigenvalue weighted by atomic mass is 10.1. The molecule has 0 aliphatic carbocycles. The summed E-state index contributed by atoms with van der Waals surface area (Å²) in [4.78, 5) is 45.3. The molecule has 33 heavy (non-hydrogen) atoms. The van der Waals surface area contributed by atoms with E-state index in [0.717, 1.165) is 17.0 Å². The Balaban J connectivity index is 1.56. The number of benzene rings is 1. The number of Topliss-reactive ketones (excluding diaryl/α,β-unsaturated/α-hetero) is 1. The van der Waals surface area contributed by atoms with Crippen LogP contribution >= 0.6 is 11.3 Å². The molecule has 0 unspecified atom stereocenters. The largest absolute Gasteiger partial charge is 0.453 e. The number of halogens is 1. The quantitative estimate of drug-likeness (QED) is 0.345. The third-order valence-electron chi connectivity index (χ3n) is 5.58. The fraction of sp³-hybridized carbons (Fsp3) is 0.250. The lowest BCUT2D eigenvalue weighted by molar-refractivity contribution is 0.0479. The molecule has 3 aromatic heterocycles. The van der Waals surface area contributed by atoms with Gasteiger partial charge in [0.15, 0.2) is 6.61 Å². The number of thiophene rings is 1. The highest BCUT2D eigenvalue weighted by Gasteiger charge is 2.23. The Labute approximate surface area is 192 Å². The Kier molecular flexibility index (Phi) is 5.75. The number of ether oxygens (including phenoxy) is 1. The van der Waals surface area contributed by atoms with Gasteiger partial charge in [0.2, 0.25) is 5.78 Å². The van der Waals surface area contributed by atoms with Crippen LogP contribution in [0.25, 0.3) is 15.9 Å². The molecule has 0 aliphatic heterocycles. The summed E-state index contributed by atoms with van der Waals surface area (Å²) in [6.07, 6.45) is 0. The number of H-pyrrole nitrogens is 1. The summed E-state index contributed by atoms with van der Waals surface area (Å²) in [6.45, 7) is 8.12. The van der Waals surface area contributed by atoms with Crippen LogP contribution in [0.15, 0.2) is 29.1 Å². The molecular weight excluding hydrogens is 445 g/mol. The van der Waals surface area contributed by atoms with Crippen LogP contribution in [0.1, 0.15) is 48.4 Å². The minimum Gasteiger partial charge on any atom is -0.453 e. The molecule has 4 aromatic rings. The number of hydrogen-bond donors (Lipinski definition) is 1. The Bertz CT molecular complexity index is 1500. The van der Waals surface area contributed by atoms with Gasteiger partial charge >= 0.3 is 5.97 Å². The van der Waals surface area contributed by atoms with Gasteiger partial charge < -0.3 is 14.3 Å². The van der Waals surface area contributed by atoms with Crippen LogP contribution in [0.4, 0.5) is 4.39 Å². The molecule has 0 radical (unpaired) electrons. The molecule has 3 heterocycles. The maximum atomic E-state index is 14.1. The molecule has 0 bridgehead atoms. The standard InChI is InChI=1S/C24H22FN3O4S/c1-11-6-7-16(9-18(11)25)28-12(2)8-17(14(28)4)19(29)10-32-24(31)21-13(3)20-22(30)26-15(5)27-23(20)33-21/h6-9H,10H2,1-5H3,(H,26,27,30). The van der Waals surface area contributed by atoms with Crippen LogP contribution in [-0.4, -0.2) is 32.9 Å². The molecule has 0 saturated carbocycles. The maximum Gasteiger partial charge on any atom is 0.349 e. The predicted octanol–water partition coefficient (Wildman–Crippen LogP) is 4.50. The number of nitrogens with zero attached hydrogens (tertiary/aromatic N) is 2. The first-order chi connectivity index (χ1) is 15.6. The zero-order valence-electron chi connectivity index (χ0n) is 18.8. The van der Waals surface area contributed by atoms with Crippen LogP contribution in [0, 0.1) is 40.4 Å². The summed E-state index contributed by atoms with van der Waals surface area (Å²) in [5.41, 5.74) is 3.07. The number of carbonyl (C=O) groups excluding carboxylic acids is 2. The number of rotatable bonds is 5. The Morgan fingerprint density at radius 3 is 2.58 bits per heavy atom. The number of carbonyl (C=O) groups is 2. The third-order valence-corrected chi connectivity index (χ3v) is 6.75. The SMILES string of the molecule is Cc1nc2sc(C(=O)OCC(=O)c3cc(C)n(-c4ccc(C)c(F)c4)c3C)c(C)c2c(=O)[nH]1. The van der Waals surface area contributed by atoms with Crippen LogP contribution in [0.3, 0.4) is 0 Å². The van der Waals surface area contributed by atoms with Gasteiger partial charge in [-0.25, -0.2) is 14.2 Å². The van der Waals surface area contributed by atoms with E-state index >= 15 is 0 Å². The zero-order chi connectivity index (χ0) is 24.0. The van der Waals surface area contributed by atoms with Crippen molar-refractivity contribution >= 4 is 33.3 Å². The number of aryl methyl sites for hydroxylation is 4. The van der Waals surface area contributed by atoms with Crippen molar-refractivity contribution in [1.82, 2.24) is 14.5 Å². The van der Waals surface area contributed by atoms with Crippen molar-refractivity contribution in [3.05, 3.63) is 79.2 Å². The summed E-state index contributed by atoms with van der Waals surface area (Å²) in [5, 5.41) is 0.345. The molecule has 0 spiro atoms. The van der Waals surface area contributed by atoms with E-state index in [0.29, 0.717) is 44.1 Å². The van der Waals surface area contributed by atoms with Gasteiger partial charge in [0.1, 0.15) is 21.3 Å². The molecule has 0 saturated heterocycles. The van der Waals surface area contributed by atoms with E-state index in [1.165, 1.54) is 6.07 Å². The molecule has 0 atom stereocenters. The van der Waals surface area contributed by atoms with Crippen molar-refractivity contribution in [2.45, 2.75) is 34.6 Å². The predicted molar refractivity (Wildman–Crippen MR) is 124 cm³/mol. The topological polar surface area (TPSA) is 94.0 Å². The van der Waals surface area contributed by atoms with Crippen LogP contribution in [-0.2, 0) is 4.74 Å². The molecule has 0 amide bonds. The molecule has 1 N–H and O–H groups in total. The number of ketones is 1. The third kappa shape index (κ3) is 4.00. The highest BCUT2D eigenvalue weighted by molar-refractivity contribution is 7.20. The smallest absolute Gasteiger partial charge is 0.349 e. The van der Waals surface area contributed by atoms with E-state index in [1.807, 2.05) is 6.92 Å². The molecule has 7 nitrogen and oxygen atoms in total. The molecule has 0 fully saturated rings. The average molecular weight is 468 g/mol. The monoisotopic (exact) mass is 467 g/mol. The number of hydrogen-bond acceptors (Lipinski definition) is 6. The maximum absolute atomic E-state index is 14.1. The van der Waals surface area contributed by atoms with Crippen molar-refractivity contribution in [1.29, 1.82) is 0 Å². The van der Waals surface area contributed by atoms with Crippen molar-refractivity contribution in [2.75, 3.05) is 6.61 Å². The number of nitrogens with one attached hydrogen (secondary N) is 1. The Morgan fingerprint density at radius 1 is 1.15 bits per heavy atom. The minimum absolute atomic E-state index is 0.238. The lowest BCUT2D eigenvalue weighted by Crippen LogP contribution is -2.15. The van der Waals surface area contributed by atoms with Crippen molar-refractivity contribution in [3.63, 3.8) is 0 Å². The number of aromatic amines is 1. The fourth-order valence-electron chi connectivity index (χ4n) is 3.88. The second-order valence-corrected chi connectivity index (χ2v) is 8.94. The zero-order valence-corrected chi connectivity index (χ0v) is 19.6. The summed E-state index contributed by atoms with van der Waals surface area (Å²) >= 11 is 1.06. The van der Waals surface area contributed by atoms with E-state index in [9.17, 15) is 18.8 Å². The second-order valence-electron chi connectivity index (χ2n) is 7.94. The fourth-order valence-corrected chi connectivity index (χ4v) is 5.01. The number of fused-ring (bicyclic) bond motifs is 1. The Hall–Kier alpha value is -3.59. The van der Waals surface area contributed by atoms with Crippen LogP contribution in [0.2, 0.25) is 0 Å². The first-order valence-electron chi connectivity index (χ1n) is 10.2. The second kappa shape index (κ2) is 8.40. The molecule has 1 aromatic carbocycles. The van der Waals surface area contributed by atoms with E-state index in [1.54, 1.807) is 50.5 Å². The first kappa shape index (κ1) is 22.6. The van der Waals surface area contributed by atoms with Gasteiger partial charge in [0, 0.05) is 22.6 Å². The first-order valence-corrected chi connectivity index (χ1v) is 11.1. The van der Waals surface area contributed by atoms with Gasteiger partial charge in [-0.15, -0.1) is 11.3 Å². The van der Waals surface area contributed by atoms with Crippen molar-refractivity contribution in [3.8, 4) is 5.69 Å². The van der Waals surface area contributed by atoms with Gasteiger partial charge in [-0.05, 0) is 63.9 Å². The highest BCUT2D eigenvalue weighted by Crippen LogP contribution is 2.28. The van der Waals surface area contributed by atoms with Crippen molar-refractivity contribution in [2.24, 2.45) is 0 Å². The van der Waals surface area contributed by atoms with E-state index in [-0.39, 0.29) is 22.0 Å². The van der Waals surface area contributed by atoms with Crippen molar-refractivity contribution < 1.29 is 18.7 Å². The van der Waals surface area contributed by atoms with E-state index in [2.05, 4.69) is 9.97 Å². The number of esters is 1. The Morgan fingerprint density at radius 2 is 1.88 bits per heavy atom. The average Bonchev–Trinajstić information content (AvgIpc) is 3.24. The molecule has 0 aliphatic rings. The molecule has 9 heteroatoms. The minimum atomic E-state index is -0.685. The van der Waals surface area contributed by atoms with Gasteiger partial charge in [0.25, 0.3) is 5.56 Å². The summed E-state index contributed by atoms with van der Waals surface area (Å²) in [7, 11) is 0. The van der Waals surface area contributed by atoms with Gasteiger partial charge in [-0.2, -0.15) is 0 Å². The summed E-state index contributed by atoms with van der Waals surface area (Å²) < 4.78 is 21.1. The normalized spacial score (nSPS) is 11.2.